The van der Waals surface area contributed by atoms with Crippen molar-refractivity contribution >= 4 is 5.91 Å². The summed E-state index contributed by atoms with van der Waals surface area (Å²) in [5.74, 6) is 3.78. The Labute approximate surface area is 104 Å². The van der Waals surface area contributed by atoms with E-state index in [4.69, 9.17) is 0 Å². The van der Waals surface area contributed by atoms with Crippen LogP contribution in [-0.4, -0.2) is 11.9 Å². The van der Waals surface area contributed by atoms with E-state index in [0.29, 0.717) is 6.04 Å². The van der Waals surface area contributed by atoms with Crippen LogP contribution in [0.5, 0.6) is 0 Å². The molecule has 1 amide bonds. The fraction of sp³-hybridized carbons (Fsp3) is 0.800. The highest BCUT2D eigenvalue weighted by Gasteiger charge is 2.53. The van der Waals surface area contributed by atoms with Crippen molar-refractivity contribution in [2.75, 3.05) is 0 Å². The lowest BCUT2D eigenvalue weighted by Crippen LogP contribution is -2.41. The molecule has 3 rings (SSSR count). The Balaban J connectivity index is 1.64. The molecule has 2 nitrogen and oxygen atoms in total. The first kappa shape index (κ1) is 11.3. The number of carbonyl (C=O) groups is 1. The van der Waals surface area contributed by atoms with Crippen LogP contribution in [0.4, 0.5) is 0 Å². The summed E-state index contributed by atoms with van der Waals surface area (Å²) in [6.07, 6.45) is 8.67. The summed E-state index contributed by atoms with van der Waals surface area (Å²) in [7, 11) is 0. The van der Waals surface area contributed by atoms with Crippen molar-refractivity contribution in [1.82, 2.24) is 5.32 Å². The van der Waals surface area contributed by atoms with E-state index >= 15 is 0 Å². The van der Waals surface area contributed by atoms with E-state index < -0.39 is 0 Å². The fourth-order valence-electron chi connectivity index (χ4n) is 4.72. The van der Waals surface area contributed by atoms with Gasteiger partial charge in [0.1, 0.15) is 0 Å². The van der Waals surface area contributed by atoms with Crippen molar-refractivity contribution in [2.45, 2.75) is 52.0 Å². The Bertz CT molecular complexity index is 356. The highest BCUT2D eigenvalue weighted by Crippen LogP contribution is 2.58. The van der Waals surface area contributed by atoms with E-state index in [2.05, 4.69) is 5.32 Å². The van der Waals surface area contributed by atoms with Crippen LogP contribution < -0.4 is 5.32 Å². The molecule has 1 N–H and O–H groups in total. The molecule has 3 aliphatic carbocycles. The van der Waals surface area contributed by atoms with Gasteiger partial charge in [-0.15, -0.1) is 0 Å². The smallest absolute Gasteiger partial charge is 0.244 e. The van der Waals surface area contributed by atoms with Crippen molar-refractivity contribution in [3.63, 3.8) is 0 Å². The number of hydrogen-bond acceptors (Lipinski definition) is 1. The normalized spacial score (nSPS) is 42.4. The molecule has 2 heteroatoms. The number of nitrogens with one attached hydrogen (secondary N) is 1. The minimum absolute atomic E-state index is 0.122. The lowest BCUT2D eigenvalue weighted by atomic mass is 9.79. The predicted molar refractivity (Wildman–Crippen MR) is 68.4 cm³/mol. The van der Waals surface area contributed by atoms with Crippen LogP contribution in [0.3, 0.4) is 0 Å². The van der Waals surface area contributed by atoms with Crippen molar-refractivity contribution < 1.29 is 4.79 Å². The van der Waals surface area contributed by atoms with E-state index in [1.807, 2.05) is 13.8 Å². The molecular formula is C15H23NO. The fourth-order valence-corrected chi connectivity index (χ4v) is 4.72. The highest BCUT2D eigenvalue weighted by atomic mass is 16.1. The van der Waals surface area contributed by atoms with Crippen LogP contribution in [-0.2, 0) is 4.79 Å². The minimum Gasteiger partial charge on any atom is -0.350 e. The molecule has 0 aromatic carbocycles. The first-order chi connectivity index (χ1) is 8.15. The highest BCUT2D eigenvalue weighted by molar-refractivity contribution is 5.88. The summed E-state index contributed by atoms with van der Waals surface area (Å²) in [6, 6.07) is 0.474. The van der Waals surface area contributed by atoms with E-state index in [9.17, 15) is 4.79 Å². The molecule has 17 heavy (non-hydrogen) atoms. The lowest BCUT2D eigenvalue weighted by Gasteiger charge is -2.31. The summed E-state index contributed by atoms with van der Waals surface area (Å²) < 4.78 is 0. The number of hydrogen-bond donors (Lipinski definition) is 1. The Morgan fingerprint density at radius 3 is 2.65 bits per heavy atom. The van der Waals surface area contributed by atoms with E-state index in [0.717, 1.165) is 29.2 Å². The van der Waals surface area contributed by atoms with E-state index in [-0.39, 0.29) is 5.91 Å². The van der Waals surface area contributed by atoms with E-state index in [1.54, 1.807) is 6.08 Å². The zero-order chi connectivity index (χ0) is 12.0. The SMILES string of the molecule is CC(C)=CC(=O)N[C@@H]1C[C@H]2C[C@H]1[C@@H]1CCC[C@H]21. The van der Waals surface area contributed by atoms with E-state index in [1.165, 1.54) is 32.1 Å². The lowest BCUT2D eigenvalue weighted by molar-refractivity contribution is -0.117. The van der Waals surface area contributed by atoms with Crippen molar-refractivity contribution in [3.05, 3.63) is 11.6 Å². The second-order valence-electron chi connectivity index (χ2n) is 6.49. The molecule has 3 fully saturated rings. The largest absolute Gasteiger partial charge is 0.350 e. The zero-order valence-corrected chi connectivity index (χ0v) is 10.9. The van der Waals surface area contributed by atoms with Crippen LogP contribution in [0.25, 0.3) is 0 Å². The maximum Gasteiger partial charge on any atom is 0.244 e. The summed E-state index contributed by atoms with van der Waals surface area (Å²) >= 11 is 0. The van der Waals surface area contributed by atoms with Gasteiger partial charge in [0.25, 0.3) is 0 Å². The number of allylic oxidation sites excluding steroid dienone is 1. The molecule has 5 atom stereocenters. The van der Waals surface area contributed by atoms with Gasteiger partial charge < -0.3 is 5.32 Å². The van der Waals surface area contributed by atoms with Crippen LogP contribution in [0.1, 0.15) is 46.0 Å². The molecule has 0 aromatic heterocycles. The summed E-state index contributed by atoms with van der Waals surface area (Å²) in [6.45, 7) is 3.96. The van der Waals surface area contributed by atoms with Gasteiger partial charge in [-0.25, -0.2) is 0 Å². The topological polar surface area (TPSA) is 29.1 Å². The molecule has 0 saturated heterocycles. The van der Waals surface area contributed by atoms with Gasteiger partial charge in [0.15, 0.2) is 0 Å². The van der Waals surface area contributed by atoms with Crippen molar-refractivity contribution in [1.29, 1.82) is 0 Å². The maximum atomic E-state index is 11.8. The standard InChI is InChI=1S/C15H23NO/c1-9(2)6-15(17)16-14-8-10-7-13(14)12-5-3-4-11(10)12/h6,10-14H,3-5,7-8H2,1-2H3,(H,16,17)/t10-,11-,12-,13+,14-/m1/s1. The van der Waals surface area contributed by atoms with Gasteiger partial charge in [0.05, 0.1) is 0 Å². The quantitative estimate of drug-likeness (QED) is 0.730. The number of carbonyl (C=O) groups excluding carboxylic acids is 1. The van der Waals surface area contributed by atoms with Gasteiger partial charge in [0, 0.05) is 12.1 Å². The molecule has 0 spiro atoms. The molecule has 3 saturated carbocycles. The third-order valence-electron chi connectivity index (χ3n) is 5.18. The first-order valence-corrected chi connectivity index (χ1v) is 7.10. The molecule has 0 aromatic rings. The van der Waals surface area contributed by atoms with Gasteiger partial charge in [0.2, 0.25) is 5.91 Å². The molecule has 0 heterocycles. The zero-order valence-electron chi connectivity index (χ0n) is 10.9. The average Bonchev–Trinajstić information content (AvgIpc) is 2.83. The minimum atomic E-state index is 0.122. The van der Waals surface area contributed by atoms with Crippen LogP contribution >= 0.6 is 0 Å². The Morgan fingerprint density at radius 2 is 1.88 bits per heavy atom. The second kappa shape index (κ2) is 4.15. The Hall–Kier alpha value is -0.790. The Morgan fingerprint density at radius 1 is 1.12 bits per heavy atom. The van der Waals surface area contributed by atoms with Crippen LogP contribution in [0, 0.1) is 23.7 Å². The first-order valence-electron chi connectivity index (χ1n) is 7.10. The maximum absolute atomic E-state index is 11.8. The molecule has 2 bridgehead atoms. The number of rotatable bonds is 2. The number of fused-ring (bicyclic) bond motifs is 5. The Kier molecular flexibility index (Phi) is 2.76. The van der Waals surface area contributed by atoms with Crippen molar-refractivity contribution in [3.8, 4) is 0 Å². The summed E-state index contributed by atoms with van der Waals surface area (Å²) in [5.41, 5.74) is 1.09. The summed E-state index contributed by atoms with van der Waals surface area (Å²) in [4.78, 5) is 11.8. The molecule has 94 valence electrons. The van der Waals surface area contributed by atoms with Gasteiger partial charge in [-0.2, -0.15) is 0 Å². The van der Waals surface area contributed by atoms with Gasteiger partial charge in [-0.3, -0.25) is 4.79 Å². The average molecular weight is 233 g/mol. The molecular weight excluding hydrogens is 210 g/mol. The van der Waals surface area contributed by atoms with Crippen LogP contribution in [0.15, 0.2) is 11.6 Å². The van der Waals surface area contributed by atoms with Crippen molar-refractivity contribution in [2.24, 2.45) is 23.7 Å². The monoisotopic (exact) mass is 233 g/mol. The van der Waals surface area contributed by atoms with Gasteiger partial charge >= 0.3 is 0 Å². The third kappa shape index (κ3) is 1.92. The molecule has 3 aliphatic rings. The third-order valence-corrected chi connectivity index (χ3v) is 5.18. The van der Waals surface area contributed by atoms with Gasteiger partial charge in [-0.1, -0.05) is 12.0 Å². The molecule has 0 unspecified atom stereocenters. The second-order valence-corrected chi connectivity index (χ2v) is 6.49. The summed E-state index contributed by atoms with van der Waals surface area (Å²) in [5, 5.41) is 3.24. The predicted octanol–water partition coefficient (Wildman–Crippen LogP) is 2.89. The molecule has 0 radical (unpaired) electrons. The van der Waals surface area contributed by atoms with Gasteiger partial charge in [-0.05, 0) is 63.2 Å². The van der Waals surface area contributed by atoms with Crippen LogP contribution in [0.2, 0.25) is 0 Å². The molecule has 0 aliphatic heterocycles. The number of amides is 1.